The fourth-order valence-corrected chi connectivity index (χ4v) is 2.22. The predicted molar refractivity (Wildman–Crippen MR) is 92.0 cm³/mol. The Hall–Kier alpha value is -2.21. The Balaban J connectivity index is 2.09. The monoisotopic (exact) mass is 315 g/mol. The van der Waals surface area contributed by atoms with Crippen LogP contribution in [0.4, 0.5) is 5.95 Å². The summed E-state index contributed by atoms with van der Waals surface area (Å²) < 4.78 is 0. The lowest BCUT2D eigenvalue weighted by Crippen LogP contribution is -2.35. The number of anilines is 1. The first-order valence-corrected chi connectivity index (χ1v) is 7.91. The highest BCUT2D eigenvalue weighted by atomic mass is 16.2. The third-order valence-corrected chi connectivity index (χ3v) is 3.68. The Morgan fingerprint density at radius 3 is 2.52 bits per heavy atom. The molecular formula is C17H25N5O. The maximum atomic E-state index is 11.9. The minimum Gasteiger partial charge on any atom is -0.320 e. The van der Waals surface area contributed by atoms with Crippen molar-refractivity contribution in [1.29, 1.82) is 0 Å². The zero-order chi connectivity index (χ0) is 17.0. The molecule has 23 heavy (non-hydrogen) atoms. The van der Waals surface area contributed by atoms with Gasteiger partial charge < -0.3 is 5.73 Å². The summed E-state index contributed by atoms with van der Waals surface area (Å²) in [7, 11) is 0. The van der Waals surface area contributed by atoms with Crippen LogP contribution in [0.5, 0.6) is 0 Å². The molecular weight excluding hydrogens is 290 g/mol. The molecule has 0 fully saturated rings. The van der Waals surface area contributed by atoms with Crippen molar-refractivity contribution in [1.82, 2.24) is 15.2 Å². The average molecular weight is 315 g/mol. The first-order chi connectivity index (χ1) is 10.8. The Morgan fingerprint density at radius 1 is 1.30 bits per heavy atom. The third-order valence-electron chi connectivity index (χ3n) is 3.68. The van der Waals surface area contributed by atoms with Gasteiger partial charge in [0.25, 0.3) is 0 Å². The van der Waals surface area contributed by atoms with Gasteiger partial charge in [0.15, 0.2) is 5.82 Å². The van der Waals surface area contributed by atoms with Crippen molar-refractivity contribution in [3.8, 4) is 11.4 Å². The number of nitrogens with two attached hydrogens (primary N) is 1. The van der Waals surface area contributed by atoms with Crippen molar-refractivity contribution in [3.05, 3.63) is 29.8 Å². The summed E-state index contributed by atoms with van der Waals surface area (Å²) >= 11 is 0. The van der Waals surface area contributed by atoms with Crippen LogP contribution in [0.2, 0.25) is 0 Å². The maximum Gasteiger partial charge on any atom is 0.249 e. The largest absolute Gasteiger partial charge is 0.320 e. The summed E-state index contributed by atoms with van der Waals surface area (Å²) in [6.45, 7) is 8.50. The number of hydrogen-bond acceptors (Lipinski definition) is 4. The number of aromatic amines is 1. The van der Waals surface area contributed by atoms with Gasteiger partial charge in [-0.25, -0.2) is 0 Å². The van der Waals surface area contributed by atoms with E-state index in [2.05, 4.69) is 53.4 Å². The highest BCUT2D eigenvalue weighted by Crippen LogP contribution is 2.24. The summed E-state index contributed by atoms with van der Waals surface area (Å²) in [5, 5.41) is 9.50. The number of rotatable bonds is 5. The lowest BCUT2D eigenvalue weighted by Gasteiger charge is -2.18. The van der Waals surface area contributed by atoms with Crippen LogP contribution in [0.25, 0.3) is 11.4 Å². The van der Waals surface area contributed by atoms with E-state index >= 15 is 0 Å². The molecule has 2 rings (SSSR count). The van der Waals surface area contributed by atoms with Crippen LogP contribution in [0, 0.1) is 0 Å². The van der Waals surface area contributed by atoms with Gasteiger partial charge in [0.1, 0.15) is 0 Å². The molecule has 0 aliphatic rings. The number of carbonyl (C=O) groups excluding carboxylic acids is 1. The van der Waals surface area contributed by atoms with Gasteiger partial charge in [0, 0.05) is 5.56 Å². The topological polar surface area (TPSA) is 96.7 Å². The molecule has 1 heterocycles. The molecule has 0 aliphatic heterocycles. The van der Waals surface area contributed by atoms with E-state index in [1.54, 1.807) is 0 Å². The van der Waals surface area contributed by atoms with Crippen LogP contribution in [-0.2, 0) is 10.2 Å². The minimum atomic E-state index is -0.534. The lowest BCUT2D eigenvalue weighted by molar-refractivity contribution is -0.117. The highest BCUT2D eigenvalue weighted by Gasteiger charge is 2.16. The Labute approximate surface area is 136 Å². The van der Waals surface area contributed by atoms with Gasteiger partial charge in [-0.15, -0.1) is 5.10 Å². The van der Waals surface area contributed by atoms with Crippen LogP contribution < -0.4 is 11.1 Å². The number of carbonyl (C=O) groups is 1. The molecule has 1 amide bonds. The van der Waals surface area contributed by atoms with E-state index in [4.69, 9.17) is 5.73 Å². The summed E-state index contributed by atoms with van der Waals surface area (Å²) in [6, 6.07) is 7.61. The number of H-pyrrole nitrogens is 1. The standard InChI is InChI=1S/C17H25N5O/c1-5-6-13(18)15(23)20-16-19-14(21-22-16)11-7-9-12(10-8-11)17(2,3)4/h7-10,13H,5-6,18H2,1-4H3,(H2,19,20,21,22,23). The van der Waals surface area contributed by atoms with Gasteiger partial charge in [-0.3, -0.25) is 15.2 Å². The van der Waals surface area contributed by atoms with E-state index in [0.29, 0.717) is 12.2 Å². The van der Waals surface area contributed by atoms with Gasteiger partial charge in [0.05, 0.1) is 6.04 Å². The zero-order valence-electron chi connectivity index (χ0n) is 14.2. The second-order valence-electron chi connectivity index (χ2n) is 6.72. The SMILES string of the molecule is CCCC(N)C(=O)Nc1n[nH]c(-c2ccc(C(C)(C)C)cc2)n1. The molecule has 2 aromatic rings. The summed E-state index contributed by atoms with van der Waals surface area (Å²) in [6.07, 6.45) is 1.49. The molecule has 6 nitrogen and oxygen atoms in total. The van der Waals surface area contributed by atoms with Gasteiger partial charge >= 0.3 is 0 Å². The molecule has 1 aromatic heterocycles. The fourth-order valence-electron chi connectivity index (χ4n) is 2.22. The molecule has 4 N–H and O–H groups in total. The summed E-state index contributed by atoms with van der Waals surface area (Å²) in [4.78, 5) is 16.2. The molecule has 0 radical (unpaired) electrons. The molecule has 0 aliphatic carbocycles. The van der Waals surface area contributed by atoms with E-state index in [1.807, 2.05) is 19.1 Å². The molecule has 0 saturated carbocycles. The van der Waals surface area contributed by atoms with Crippen LogP contribution in [0.3, 0.4) is 0 Å². The first-order valence-electron chi connectivity index (χ1n) is 7.91. The number of aromatic nitrogens is 3. The highest BCUT2D eigenvalue weighted by molar-refractivity contribution is 5.93. The van der Waals surface area contributed by atoms with Crippen molar-refractivity contribution < 1.29 is 4.79 Å². The molecule has 0 saturated heterocycles. The Kier molecular flexibility index (Phi) is 5.15. The second-order valence-corrected chi connectivity index (χ2v) is 6.72. The van der Waals surface area contributed by atoms with Gasteiger partial charge in [-0.05, 0) is 17.4 Å². The van der Waals surface area contributed by atoms with E-state index in [-0.39, 0.29) is 17.3 Å². The van der Waals surface area contributed by atoms with Gasteiger partial charge in [-0.2, -0.15) is 4.98 Å². The van der Waals surface area contributed by atoms with Crippen molar-refractivity contribution in [3.63, 3.8) is 0 Å². The number of nitrogens with one attached hydrogen (secondary N) is 2. The number of benzene rings is 1. The maximum absolute atomic E-state index is 11.9. The molecule has 6 heteroatoms. The number of hydrogen-bond donors (Lipinski definition) is 3. The normalized spacial score (nSPS) is 12.9. The number of amides is 1. The van der Waals surface area contributed by atoms with Crippen LogP contribution in [0.1, 0.15) is 46.1 Å². The zero-order valence-corrected chi connectivity index (χ0v) is 14.2. The molecule has 1 unspecified atom stereocenters. The van der Waals surface area contributed by atoms with Gasteiger partial charge in [-0.1, -0.05) is 58.4 Å². The smallest absolute Gasteiger partial charge is 0.249 e. The van der Waals surface area contributed by atoms with Crippen LogP contribution >= 0.6 is 0 Å². The van der Waals surface area contributed by atoms with Crippen molar-refractivity contribution >= 4 is 11.9 Å². The summed E-state index contributed by atoms with van der Waals surface area (Å²) in [5.41, 5.74) is 8.05. The van der Waals surface area contributed by atoms with Crippen molar-refractivity contribution in [2.75, 3.05) is 5.32 Å². The fraction of sp³-hybridized carbons (Fsp3) is 0.471. The Bertz CT molecular complexity index is 654. The van der Waals surface area contributed by atoms with Crippen molar-refractivity contribution in [2.45, 2.75) is 52.0 Å². The molecule has 0 spiro atoms. The van der Waals surface area contributed by atoms with Crippen LogP contribution in [-0.4, -0.2) is 27.1 Å². The van der Waals surface area contributed by atoms with Gasteiger partial charge in [0.2, 0.25) is 11.9 Å². The van der Waals surface area contributed by atoms with E-state index in [9.17, 15) is 4.79 Å². The average Bonchev–Trinajstić information content (AvgIpc) is 2.95. The second kappa shape index (κ2) is 6.91. The quantitative estimate of drug-likeness (QED) is 0.790. The Morgan fingerprint density at radius 2 is 1.96 bits per heavy atom. The number of nitrogens with zero attached hydrogens (tertiary/aromatic N) is 2. The first kappa shape index (κ1) is 17.1. The minimum absolute atomic E-state index is 0.106. The van der Waals surface area contributed by atoms with E-state index in [0.717, 1.165) is 12.0 Å². The van der Waals surface area contributed by atoms with E-state index in [1.165, 1.54) is 5.56 Å². The lowest BCUT2D eigenvalue weighted by atomic mass is 9.87. The molecule has 124 valence electrons. The molecule has 1 atom stereocenters. The van der Waals surface area contributed by atoms with E-state index < -0.39 is 6.04 Å². The summed E-state index contributed by atoms with van der Waals surface area (Å²) in [5.74, 6) is 0.599. The molecule has 1 aromatic carbocycles. The molecule has 0 bridgehead atoms. The van der Waals surface area contributed by atoms with Crippen molar-refractivity contribution in [2.24, 2.45) is 5.73 Å². The predicted octanol–water partition coefficient (Wildman–Crippen LogP) is 2.84. The third kappa shape index (κ3) is 4.39. The van der Waals surface area contributed by atoms with Crippen LogP contribution in [0.15, 0.2) is 24.3 Å².